The van der Waals surface area contributed by atoms with Crippen molar-refractivity contribution >= 4 is 40.1 Å². The average Bonchev–Trinajstić information content (AvgIpc) is 3.29. The SMILES string of the molecule is CN=C(C=CN)Nc1cc2nc(C(=O)N[C@@H](c3ccc(Cl)c(F)c3)c3cnn(C)c3)ccc2cn1. The van der Waals surface area contributed by atoms with Crippen LogP contribution in [0.4, 0.5) is 10.2 Å². The maximum atomic E-state index is 14.2. The number of fused-ring (bicyclic) bond motifs is 1. The van der Waals surface area contributed by atoms with Crippen LogP contribution in [0.25, 0.3) is 10.9 Å². The number of amides is 1. The molecule has 0 aliphatic heterocycles. The molecule has 4 rings (SSSR count). The Morgan fingerprint density at radius 2 is 2.06 bits per heavy atom. The minimum absolute atomic E-state index is 0.00235. The lowest BCUT2D eigenvalue weighted by Gasteiger charge is -2.18. The van der Waals surface area contributed by atoms with Gasteiger partial charge in [0.1, 0.15) is 23.2 Å². The van der Waals surface area contributed by atoms with Crippen LogP contribution >= 0.6 is 11.6 Å². The number of rotatable bonds is 6. The zero-order valence-electron chi connectivity index (χ0n) is 18.9. The Kier molecular flexibility index (Phi) is 7.02. The van der Waals surface area contributed by atoms with Crippen LogP contribution in [0, 0.1) is 5.82 Å². The second-order valence-corrected chi connectivity index (χ2v) is 7.99. The molecule has 0 saturated carbocycles. The van der Waals surface area contributed by atoms with Crippen molar-refractivity contribution in [3.05, 3.63) is 94.9 Å². The Bertz CT molecular complexity index is 1450. The smallest absolute Gasteiger partial charge is 0.270 e. The molecule has 9 nitrogen and oxygen atoms in total. The highest BCUT2D eigenvalue weighted by atomic mass is 35.5. The Balaban J connectivity index is 1.64. The Labute approximate surface area is 205 Å². The lowest BCUT2D eigenvalue weighted by Crippen LogP contribution is -2.30. The monoisotopic (exact) mass is 492 g/mol. The largest absolute Gasteiger partial charge is 0.404 e. The van der Waals surface area contributed by atoms with Crippen molar-refractivity contribution in [1.29, 1.82) is 0 Å². The van der Waals surface area contributed by atoms with Gasteiger partial charge in [-0.15, -0.1) is 0 Å². The molecule has 4 aromatic rings. The quantitative estimate of drug-likeness (QED) is 0.279. The van der Waals surface area contributed by atoms with Crippen molar-refractivity contribution in [2.75, 3.05) is 12.4 Å². The number of pyridine rings is 2. The maximum Gasteiger partial charge on any atom is 0.270 e. The van der Waals surface area contributed by atoms with E-state index in [1.54, 1.807) is 67.7 Å². The minimum atomic E-state index is -0.665. The molecule has 0 aliphatic carbocycles. The van der Waals surface area contributed by atoms with Gasteiger partial charge in [0.05, 0.1) is 22.8 Å². The zero-order valence-corrected chi connectivity index (χ0v) is 19.7. The second-order valence-electron chi connectivity index (χ2n) is 7.58. The van der Waals surface area contributed by atoms with Crippen LogP contribution < -0.4 is 16.4 Å². The first kappa shape index (κ1) is 23.8. The van der Waals surface area contributed by atoms with Gasteiger partial charge in [0, 0.05) is 43.5 Å². The number of nitrogens with two attached hydrogens (primary N) is 1. The van der Waals surface area contributed by atoms with Gasteiger partial charge in [-0.1, -0.05) is 17.7 Å². The van der Waals surface area contributed by atoms with Crippen LogP contribution in [-0.4, -0.2) is 38.5 Å². The Hall–Kier alpha value is -4.31. The van der Waals surface area contributed by atoms with Crippen LogP contribution in [0.5, 0.6) is 0 Å². The van der Waals surface area contributed by atoms with Gasteiger partial charge in [-0.25, -0.2) is 14.4 Å². The molecule has 11 heteroatoms. The van der Waals surface area contributed by atoms with Crippen molar-refractivity contribution < 1.29 is 9.18 Å². The third kappa shape index (κ3) is 5.44. The number of aryl methyl sites for hydroxylation is 1. The predicted octanol–water partition coefficient (Wildman–Crippen LogP) is 3.59. The molecule has 3 heterocycles. The van der Waals surface area contributed by atoms with Gasteiger partial charge >= 0.3 is 0 Å². The molecular formula is C24H22ClFN8O. The molecule has 1 atom stereocenters. The number of carbonyl (C=O) groups excluding carboxylic acids is 1. The van der Waals surface area contributed by atoms with Crippen LogP contribution in [0.15, 0.2) is 72.3 Å². The van der Waals surface area contributed by atoms with Gasteiger partial charge in [-0.3, -0.25) is 14.5 Å². The van der Waals surface area contributed by atoms with E-state index in [1.807, 2.05) is 0 Å². The molecule has 178 valence electrons. The highest BCUT2D eigenvalue weighted by Crippen LogP contribution is 2.26. The second kappa shape index (κ2) is 10.3. The first-order valence-electron chi connectivity index (χ1n) is 10.5. The van der Waals surface area contributed by atoms with Crippen LogP contribution in [-0.2, 0) is 7.05 Å². The lowest BCUT2D eigenvalue weighted by atomic mass is 10.0. The predicted molar refractivity (Wildman–Crippen MR) is 134 cm³/mol. The summed E-state index contributed by atoms with van der Waals surface area (Å²) < 4.78 is 15.8. The summed E-state index contributed by atoms with van der Waals surface area (Å²) in [5.74, 6) is -0.0127. The molecule has 0 saturated heterocycles. The van der Waals surface area contributed by atoms with Gasteiger partial charge in [-0.2, -0.15) is 5.10 Å². The topological polar surface area (TPSA) is 123 Å². The number of halogens is 2. The Morgan fingerprint density at radius 3 is 2.74 bits per heavy atom. The van der Waals surface area contributed by atoms with E-state index in [1.165, 1.54) is 18.3 Å². The lowest BCUT2D eigenvalue weighted by molar-refractivity contribution is 0.0938. The first-order chi connectivity index (χ1) is 16.9. The van der Waals surface area contributed by atoms with E-state index < -0.39 is 17.8 Å². The van der Waals surface area contributed by atoms with Crippen LogP contribution in [0.3, 0.4) is 0 Å². The molecular weight excluding hydrogens is 471 g/mol. The summed E-state index contributed by atoms with van der Waals surface area (Å²) in [7, 11) is 3.38. The molecule has 4 N–H and O–H groups in total. The van der Waals surface area contributed by atoms with E-state index in [2.05, 4.69) is 30.7 Å². The highest BCUT2D eigenvalue weighted by molar-refractivity contribution is 6.30. The standard InChI is InChI=1S/C24H22ClFN8O/c1-28-21(7-8-27)32-22-10-20-15(11-29-22)4-6-19(31-20)24(35)33-23(16-12-30-34(2)13-16)14-3-5-17(25)18(26)9-14/h3-13,23H,27H2,1-2H3,(H,33,35)(H,28,29,32)/t23-/m0/s1. The molecule has 35 heavy (non-hydrogen) atoms. The van der Waals surface area contributed by atoms with E-state index in [4.69, 9.17) is 17.3 Å². The van der Waals surface area contributed by atoms with Crippen LogP contribution in [0.1, 0.15) is 27.7 Å². The van der Waals surface area contributed by atoms with Gasteiger partial charge in [-0.05, 0) is 42.1 Å². The van der Waals surface area contributed by atoms with Crippen molar-refractivity contribution in [2.24, 2.45) is 17.8 Å². The summed E-state index contributed by atoms with van der Waals surface area (Å²) in [4.78, 5) is 26.1. The normalized spacial score (nSPS) is 12.7. The van der Waals surface area contributed by atoms with Crippen LogP contribution in [0.2, 0.25) is 5.02 Å². The molecule has 0 radical (unpaired) electrons. The minimum Gasteiger partial charge on any atom is -0.404 e. The fraction of sp³-hybridized carbons (Fsp3) is 0.125. The van der Waals surface area contributed by atoms with Crippen molar-refractivity contribution in [2.45, 2.75) is 6.04 Å². The van der Waals surface area contributed by atoms with E-state index in [0.29, 0.717) is 28.3 Å². The molecule has 0 fully saturated rings. The average molecular weight is 493 g/mol. The molecule has 1 amide bonds. The summed E-state index contributed by atoms with van der Waals surface area (Å²) in [6.07, 6.45) is 7.96. The highest BCUT2D eigenvalue weighted by Gasteiger charge is 2.21. The third-order valence-electron chi connectivity index (χ3n) is 5.17. The molecule has 1 aromatic carbocycles. The number of anilines is 1. The van der Waals surface area contributed by atoms with Gasteiger partial charge in [0.2, 0.25) is 0 Å². The number of amidine groups is 1. The number of benzene rings is 1. The first-order valence-corrected chi connectivity index (χ1v) is 10.9. The molecule has 3 aromatic heterocycles. The van der Waals surface area contributed by atoms with E-state index in [0.717, 1.165) is 5.39 Å². The van der Waals surface area contributed by atoms with E-state index in [9.17, 15) is 9.18 Å². The van der Waals surface area contributed by atoms with Gasteiger partial charge in [0.15, 0.2) is 0 Å². The molecule has 0 bridgehead atoms. The molecule has 0 unspecified atom stereocenters. The summed E-state index contributed by atoms with van der Waals surface area (Å²) in [5.41, 5.74) is 7.37. The summed E-state index contributed by atoms with van der Waals surface area (Å²) in [6, 6.07) is 8.79. The fourth-order valence-electron chi connectivity index (χ4n) is 3.45. The fourth-order valence-corrected chi connectivity index (χ4v) is 3.57. The number of aromatic nitrogens is 4. The number of aliphatic imine (C=N–C) groups is 1. The van der Waals surface area contributed by atoms with E-state index >= 15 is 0 Å². The van der Waals surface area contributed by atoms with E-state index in [-0.39, 0.29) is 10.7 Å². The summed E-state index contributed by atoms with van der Waals surface area (Å²) in [6.45, 7) is 0. The maximum absolute atomic E-state index is 14.2. The number of hydrogen-bond donors (Lipinski definition) is 3. The Morgan fingerprint density at radius 1 is 1.23 bits per heavy atom. The number of hydrogen-bond acceptors (Lipinski definition) is 6. The van der Waals surface area contributed by atoms with Crippen molar-refractivity contribution in [3.8, 4) is 0 Å². The number of carbonyl (C=O) groups is 1. The van der Waals surface area contributed by atoms with Gasteiger partial charge < -0.3 is 16.4 Å². The van der Waals surface area contributed by atoms with Crippen molar-refractivity contribution in [1.82, 2.24) is 25.1 Å². The van der Waals surface area contributed by atoms with Gasteiger partial charge in [0.25, 0.3) is 5.91 Å². The zero-order chi connectivity index (χ0) is 24.9. The summed E-state index contributed by atoms with van der Waals surface area (Å²) >= 11 is 5.85. The third-order valence-corrected chi connectivity index (χ3v) is 5.47. The number of nitrogens with zero attached hydrogens (tertiary/aromatic N) is 5. The van der Waals surface area contributed by atoms with Crippen molar-refractivity contribution in [3.63, 3.8) is 0 Å². The summed E-state index contributed by atoms with van der Waals surface area (Å²) in [5, 5.41) is 10.9. The molecule has 0 aliphatic rings. The number of nitrogens with one attached hydrogen (secondary N) is 2. The molecule has 0 spiro atoms.